The van der Waals surface area contributed by atoms with Gasteiger partial charge in [0.2, 0.25) is 0 Å². The molecule has 0 atom stereocenters. The molecule has 2 heterocycles. The van der Waals surface area contributed by atoms with Crippen LogP contribution >= 0.6 is 27.3 Å². The zero-order valence-electron chi connectivity index (χ0n) is 9.08. The minimum Gasteiger partial charge on any atom is -0.464 e. The van der Waals surface area contributed by atoms with E-state index in [1.165, 1.54) is 10.4 Å². The molecule has 2 N–H and O–H groups in total. The highest BCUT2D eigenvalue weighted by molar-refractivity contribution is 9.11. The standard InChI is InChI=1S/C10H13BrN2O2S/c1-10(2)8-6(5-7(11)16-8)3-4-13(10)12-9(14)15/h5,12H,3-4H2,1-2H3,(H,14,15). The van der Waals surface area contributed by atoms with Gasteiger partial charge in [-0.3, -0.25) is 5.43 Å². The van der Waals surface area contributed by atoms with Crippen LogP contribution in [0.1, 0.15) is 24.3 Å². The van der Waals surface area contributed by atoms with E-state index in [0.717, 1.165) is 10.2 Å². The number of hydrazine groups is 1. The van der Waals surface area contributed by atoms with Crippen LogP contribution in [0.25, 0.3) is 0 Å². The summed E-state index contributed by atoms with van der Waals surface area (Å²) in [5.74, 6) is 0. The third kappa shape index (κ3) is 1.97. The second kappa shape index (κ2) is 4.01. The quantitative estimate of drug-likeness (QED) is 0.839. The second-order valence-corrected chi connectivity index (χ2v) is 6.71. The van der Waals surface area contributed by atoms with Gasteiger partial charge < -0.3 is 5.11 Å². The Hall–Kier alpha value is -0.590. The number of carbonyl (C=O) groups is 1. The molecular formula is C10H13BrN2O2S. The van der Waals surface area contributed by atoms with Crippen molar-refractivity contribution in [3.8, 4) is 0 Å². The molecule has 2 rings (SSSR count). The second-order valence-electron chi connectivity index (χ2n) is 4.28. The molecule has 0 bridgehead atoms. The number of rotatable bonds is 1. The maximum atomic E-state index is 10.7. The van der Waals surface area contributed by atoms with Gasteiger partial charge in [-0.1, -0.05) is 0 Å². The van der Waals surface area contributed by atoms with Crippen LogP contribution in [0.15, 0.2) is 9.85 Å². The van der Waals surface area contributed by atoms with Gasteiger partial charge in [0.25, 0.3) is 0 Å². The summed E-state index contributed by atoms with van der Waals surface area (Å²) in [4.78, 5) is 11.9. The van der Waals surface area contributed by atoms with E-state index in [-0.39, 0.29) is 5.54 Å². The van der Waals surface area contributed by atoms with E-state index < -0.39 is 6.09 Å². The Kier molecular flexibility index (Phi) is 2.98. The van der Waals surface area contributed by atoms with Crippen molar-refractivity contribution >= 4 is 33.4 Å². The average Bonchev–Trinajstić information content (AvgIpc) is 2.52. The molecule has 1 aliphatic heterocycles. The molecule has 1 aromatic heterocycles. The van der Waals surface area contributed by atoms with Gasteiger partial charge in [0.1, 0.15) is 0 Å². The molecule has 88 valence electrons. The third-order valence-electron chi connectivity index (χ3n) is 2.84. The monoisotopic (exact) mass is 304 g/mol. The van der Waals surface area contributed by atoms with E-state index in [1.807, 2.05) is 13.8 Å². The lowest BCUT2D eigenvalue weighted by Crippen LogP contribution is -2.54. The van der Waals surface area contributed by atoms with Crippen molar-refractivity contribution in [1.29, 1.82) is 0 Å². The Labute approximate surface area is 106 Å². The predicted molar refractivity (Wildman–Crippen MR) is 66.6 cm³/mol. The Morgan fingerprint density at radius 3 is 3.00 bits per heavy atom. The summed E-state index contributed by atoms with van der Waals surface area (Å²) in [5.41, 5.74) is 3.48. The fraction of sp³-hybridized carbons (Fsp3) is 0.500. The molecule has 0 spiro atoms. The Morgan fingerprint density at radius 2 is 2.38 bits per heavy atom. The lowest BCUT2D eigenvalue weighted by molar-refractivity contribution is 0.0499. The van der Waals surface area contributed by atoms with Gasteiger partial charge in [-0.05, 0) is 47.8 Å². The van der Waals surface area contributed by atoms with Crippen LogP contribution in [0.3, 0.4) is 0 Å². The van der Waals surface area contributed by atoms with Crippen LogP contribution in [-0.2, 0) is 12.0 Å². The lowest BCUT2D eigenvalue weighted by atomic mass is 9.93. The predicted octanol–water partition coefficient (Wildman–Crippen LogP) is 2.79. The smallest absolute Gasteiger partial charge is 0.419 e. The van der Waals surface area contributed by atoms with Gasteiger partial charge in [-0.15, -0.1) is 11.3 Å². The normalized spacial score (nSPS) is 19.2. The molecule has 0 unspecified atom stereocenters. The van der Waals surface area contributed by atoms with Crippen molar-refractivity contribution in [3.05, 3.63) is 20.3 Å². The molecule has 0 aromatic carbocycles. The van der Waals surface area contributed by atoms with Gasteiger partial charge in [0, 0.05) is 11.4 Å². The molecule has 16 heavy (non-hydrogen) atoms. The fourth-order valence-corrected chi connectivity index (χ4v) is 3.85. The number of halogens is 1. The largest absolute Gasteiger partial charge is 0.464 e. The lowest BCUT2D eigenvalue weighted by Gasteiger charge is -2.41. The van der Waals surface area contributed by atoms with Gasteiger partial charge in [-0.25, -0.2) is 9.80 Å². The first kappa shape index (κ1) is 11.9. The van der Waals surface area contributed by atoms with E-state index in [1.54, 1.807) is 16.3 Å². The number of thiophene rings is 1. The minimum atomic E-state index is -1.01. The van der Waals surface area contributed by atoms with Crippen LogP contribution < -0.4 is 5.43 Å². The highest BCUT2D eigenvalue weighted by atomic mass is 79.9. The van der Waals surface area contributed by atoms with Gasteiger partial charge >= 0.3 is 6.09 Å². The third-order valence-corrected chi connectivity index (χ3v) is 4.84. The number of hydrogen-bond acceptors (Lipinski definition) is 3. The number of hydrogen-bond donors (Lipinski definition) is 2. The molecule has 1 amide bonds. The highest BCUT2D eigenvalue weighted by Gasteiger charge is 2.37. The molecule has 6 heteroatoms. The van der Waals surface area contributed by atoms with Crippen LogP contribution in [0, 0.1) is 0 Å². The van der Waals surface area contributed by atoms with E-state index in [4.69, 9.17) is 5.11 Å². The van der Waals surface area contributed by atoms with Crippen molar-refractivity contribution in [2.45, 2.75) is 25.8 Å². The summed E-state index contributed by atoms with van der Waals surface area (Å²) >= 11 is 5.15. The zero-order valence-corrected chi connectivity index (χ0v) is 11.5. The molecular weight excluding hydrogens is 292 g/mol. The molecule has 4 nitrogen and oxygen atoms in total. The average molecular weight is 305 g/mol. The van der Waals surface area contributed by atoms with Crippen LogP contribution in [0.2, 0.25) is 0 Å². The van der Waals surface area contributed by atoms with E-state index in [0.29, 0.717) is 6.54 Å². The maximum absolute atomic E-state index is 10.7. The number of carboxylic acid groups (broad SMARTS) is 1. The summed E-state index contributed by atoms with van der Waals surface area (Å²) in [6.07, 6.45) is -0.131. The van der Waals surface area contributed by atoms with Gasteiger partial charge in [0.05, 0.1) is 9.33 Å². The van der Waals surface area contributed by atoms with Crippen molar-refractivity contribution in [2.24, 2.45) is 0 Å². The van der Waals surface area contributed by atoms with Crippen molar-refractivity contribution < 1.29 is 9.90 Å². The summed E-state index contributed by atoms with van der Waals surface area (Å²) in [6, 6.07) is 2.12. The van der Waals surface area contributed by atoms with E-state index >= 15 is 0 Å². The molecule has 0 aliphatic carbocycles. The molecule has 0 saturated carbocycles. The molecule has 1 aliphatic rings. The number of nitrogens with zero attached hydrogens (tertiary/aromatic N) is 1. The maximum Gasteiger partial charge on any atom is 0.419 e. The first-order valence-corrected chi connectivity index (χ1v) is 6.58. The van der Waals surface area contributed by atoms with Gasteiger partial charge in [0.15, 0.2) is 0 Å². The van der Waals surface area contributed by atoms with Crippen molar-refractivity contribution in [2.75, 3.05) is 6.54 Å². The number of fused-ring (bicyclic) bond motifs is 1. The molecule has 0 fully saturated rings. The molecule has 1 aromatic rings. The number of nitrogens with one attached hydrogen (secondary N) is 1. The number of amides is 1. The van der Waals surface area contributed by atoms with Crippen LogP contribution in [0.4, 0.5) is 4.79 Å². The van der Waals surface area contributed by atoms with E-state index in [9.17, 15) is 4.79 Å². The van der Waals surface area contributed by atoms with E-state index in [2.05, 4.69) is 27.4 Å². The molecule has 0 radical (unpaired) electrons. The summed E-state index contributed by atoms with van der Waals surface area (Å²) in [6.45, 7) is 4.77. The first-order valence-electron chi connectivity index (χ1n) is 4.97. The van der Waals surface area contributed by atoms with Crippen LogP contribution in [-0.4, -0.2) is 22.8 Å². The first-order chi connectivity index (χ1) is 7.41. The topological polar surface area (TPSA) is 52.6 Å². The Bertz CT molecular complexity index is 430. The summed E-state index contributed by atoms with van der Waals surface area (Å²) in [5, 5.41) is 10.6. The Balaban J connectivity index is 2.34. The fourth-order valence-electron chi connectivity index (χ4n) is 2.04. The van der Waals surface area contributed by atoms with Gasteiger partial charge in [-0.2, -0.15) is 0 Å². The van der Waals surface area contributed by atoms with Crippen molar-refractivity contribution in [3.63, 3.8) is 0 Å². The van der Waals surface area contributed by atoms with Crippen molar-refractivity contribution in [1.82, 2.24) is 10.4 Å². The summed E-state index contributed by atoms with van der Waals surface area (Å²) in [7, 11) is 0. The minimum absolute atomic E-state index is 0.289. The zero-order chi connectivity index (χ0) is 11.9. The van der Waals surface area contributed by atoms with Crippen LogP contribution in [0.5, 0.6) is 0 Å². The highest BCUT2D eigenvalue weighted by Crippen LogP contribution is 2.41. The molecule has 0 saturated heterocycles. The summed E-state index contributed by atoms with van der Waals surface area (Å²) < 4.78 is 1.10. The SMILES string of the molecule is CC1(C)c2sc(Br)cc2CCN1NC(=O)O. The Morgan fingerprint density at radius 1 is 1.69 bits per heavy atom.